The van der Waals surface area contributed by atoms with Gasteiger partial charge in [0.05, 0.1) is 13.5 Å². The molecular weight excluding hydrogens is 144 g/mol. The second-order valence-electron chi connectivity index (χ2n) is 2.05. The summed E-state index contributed by atoms with van der Waals surface area (Å²) in [7, 11) is 3.20. The van der Waals surface area contributed by atoms with Crippen LogP contribution in [-0.4, -0.2) is 37.9 Å². The van der Waals surface area contributed by atoms with Crippen molar-refractivity contribution in [1.82, 2.24) is 5.01 Å². The quantitative estimate of drug-likeness (QED) is 0.339. The minimum absolute atomic E-state index is 0.237. The second kappa shape index (κ2) is 5.70. The van der Waals surface area contributed by atoms with Crippen LogP contribution < -0.4 is 0 Å². The highest BCUT2D eigenvalue weighted by Gasteiger charge is 1.94. The molecule has 0 aromatic heterocycles. The number of carbonyl (C=O) groups excluding carboxylic acids is 1. The normalized spacial score (nSPS) is 10.1. The summed E-state index contributed by atoms with van der Waals surface area (Å²) in [5.74, 6) is -0.266. The van der Waals surface area contributed by atoms with Crippen molar-refractivity contribution >= 4 is 12.2 Å². The summed E-state index contributed by atoms with van der Waals surface area (Å²) in [5, 5.41) is 5.68. The summed E-state index contributed by atoms with van der Waals surface area (Å²) >= 11 is 0. The molecule has 0 spiro atoms. The molecule has 4 heteroatoms. The first-order valence-electron chi connectivity index (χ1n) is 3.51. The van der Waals surface area contributed by atoms with Crippen molar-refractivity contribution in [2.75, 3.05) is 20.7 Å². The highest BCUT2D eigenvalue weighted by atomic mass is 16.5. The van der Waals surface area contributed by atoms with E-state index >= 15 is 0 Å². The first kappa shape index (κ1) is 9.94. The Kier molecular flexibility index (Phi) is 5.15. The number of hydrogen-bond donors (Lipinski definition) is 0. The number of ether oxygens (including phenoxy) is 1. The summed E-state index contributed by atoms with van der Waals surface area (Å²) in [6, 6.07) is 0. The first-order valence-corrected chi connectivity index (χ1v) is 3.51. The molecule has 0 unspecified atom stereocenters. The Morgan fingerprint density at radius 2 is 2.36 bits per heavy atom. The third-order valence-corrected chi connectivity index (χ3v) is 1.22. The van der Waals surface area contributed by atoms with Crippen LogP contribution in [0.15, 0.2) is 5.10 Å². The van der Waals surface area contributed by atoms with E-state index in [0.29, 0.717) is 0 Å². The van der Waals surface area contributed by atoms with Crippen LogP contribution in [0, 0.1) is 0 Å². The van der Waals surface area contributed by atoms with Gasteiger partial charge in [-0.1, -0.05) is 0 Å². The van der Waals surface area contributed by atoms with Crippen LogP contribution in [0.5, 0.6) is 0 Å². The van der Waals surface area contributed by atoms with E-state index in [1.807, 2.05) is 14.0 Å². The van der Waals surface area contributed by atoms with E-state index in [1.165, 1.54) is 13.3 Å². The predicted molar refractivity (Wildman–Crippen MR) is 43.4 cm³/mol. The van der Waals surface area contributed by atoms with E-state index in [1.54, 1.807) is 5.01 Å². The van der Waals surface area contributed by atoms with Crippen LogP contribution in [0.1, 0.15) is 13.3 Å². The SMILES string of the molecule is CCN(C)/N=C/CC(=O)OC. The molecule has 0 aliphatic rings. The summed E-state index contributed by atoms with van der Waals surface area (Å²) in [4.78, 5) is 10.5. The van der Waals surface area contributed by atoms with Gasteiger partial charge in [0, 0.05) is 19.8 Å². The number of carbonyl (C=O) groups is 1. The van der Waals surface area contributed by atoms with Crippen LogP contribution in [0.2, 0.25) is 0 Å². The van der Waals surface area contributed by atoms with E-state index in [9.17, 15) is 4.79 Å². The van der Waals surface area contributed by atoms with E-state index in [2.05, 4.69) is 9.84 Å². The van der Waals surface area contributed by atoms with Crippen LogP contribution in [-0.2, 0) is 9.53 Å². The zero-order valence-corrected chi connectivity index (χ0v) is 7.20. The van der Waals surface area contributed by atoms with Gasteiger partial charge in [0.15, 0.2) is 0 Å². The molecule has 0 radical (unpaired) electrons. The average Bonchev–Trinajstić information content (AvgIpc) is 2.04. The van der Waals surface area contributed by atoms with Gasteiger partial charge < -0.3 is 9.75 Å². The maximum Gasteiger partial charge on any atom is 0.311 e. The molecule has 0 aromatic rings. The molecule has 0 N–H and O–H groups in total. The largest absolute Gasteiger partial charge is 0.469 e. The van der Waals surface area contributed by atoms with E-state index < -0.39 is 0 Å². The van der Waals surface area contributed by atoms with Gasteiger partial charge in [0.25, 0.3) is 0 Å². The minimum atomic E-state index is -0.266. The van der Waals surface area contributed by atoms with E-state index in [4.69, 9.17) is 0 Å². The summed E-state index contributed by atoms with van der Waals surface area (Å²) in [6.45, 7) is 2.81. The minimum Gasteiger partial charge on any atom is -0.469 e. The van der Waals surface area contributed by atoms with Crippen molar-refractivity contribution in [2.45, 2.75) is 13.3 Å². The van der Waals surface area contributed by atoms with Crippen molar-refractivity contribution in [3.63, 3.8) is 0 Å². The van der Waals surface area contributed by atoms with Gasteiger partial charge in [-0.25, -0.2) is 0 Å². The van der Waals surface area contributed by atoms with Crippen LogP contribution in [0.4, 0.5) is 0 Å². The van der Waals surface area contributed by atoms with Crippen LogP contribution in [0.3, 0.4) is 0 Å². The third-order valence-electron chi connectivity index (χ3n) is 1.22. The maximum absolute atomic E-state index is 10.5. The van der Waals surface area contributed by atoms with Crippen molar-refractivity contribution in [2.24, 2.45) is 5.10 Å². The molecule has 0 saturated carbocycles. The fourth-order valence-corrected chi connectivity index (χ4v) is 0.420. The molecule has 0 aromatic carbocycles. The molecule has 0 amide bonds. The number of esters is 1. The molecule has 0 aliphatic heterocycles. The van der Waals surface area contributed by atoms with E-state index in [0.717, 1.165) is 6.54 Å². The Morgan fingerprint density at radius 1 is 1.73 bits per heavy atom. The fourth-order valence-electron chi connectivity index (χ4n) is 0.420. The molecule has 0 saturated heterocycles. The highest BCUT2D eigenvalue weighted by Crippen LogP contribution is 1.83. The zero-order valence-electron chi connectivity index (χ0n) is 7.20. The fraction of sp³-hybridized carbons (Fsp3) is 0.714. The standard InChI is InChI=1S/C7H14N2O2/c1-4-9(2)8-6-5-7(10)11-3/h6H,4-5H2,1-3H3/b8-6+. The molecule has 0 atom stereocenters. The number of methoxy groups -OCH3 is 1. The Bertz CT molecular complexity index is 145. The highest BCUT2D eigenvalue weighted by molar-refractivity contribution is 5.85. The number of nitrogens with zero attached hydrogens (tertiary/aromatic N) is 2. The van der Waals surface area contributed by atoms with Crippen molar-refractivity contribution in [1.29, 1.82) is 0 Å². The lowest BCUT2D eigenvalue weighted by Gasteiger charge is -2.07. The average molecular weight is 158 g/mol. The van der Waals surface area contributed by atoms with Gasteiger partial charge in [-0.2, -0.15) is 5.10 Å². The lowest BCUT2D eigenvalue weighted by Crippen LogP contribution is -2.10. The lowest BCUT2D eigenvalue weighted by molar-refractivity contribution is -0.139. The molecule has 4 nitrogen and oxygen atoms in total. The van der Waals surface area contributed by atoms with Gasteiger partial charge in [0.2, 0.25) is 0 Å². The molecule has 0 heterocycles. The summed E-state index contributed by atoms with van der Waals surface area (Å²) in [5.41, 5.74) is 0. The van der Waals surface area contributed by atoms with Gasteiger partial charge in [-0.3, -0.25) is 4.79 Å². The van der Waals surface area contributed by atoms with Gasteiger partial charge >= 0.3 is 5.97 Å². The van der Waals surface area contributed by atoms with E-state index in [-0.39, 0.29) is 12.4 Å². The number of rotatable bonds is 4. The molecule has 0 aliphatic carbocycles. The Morgan fingerprint density at radius 3 is 2.82 bits per heavy atom. The molecule has 64 valence electrons. The molecular formula is C7H14N2O2. The topological polar surface area (TPSA) is 41.9 Å². The summed E-state index contributed by atoms with van der Waals surface area (Å²) in [6.07, 6.45) is 1.77. The molecule has 0 fully saturated rings. The lowest BCUT2D eigenvalue weighted by atomic mass is 10.5. The van der Waals surface area contributed by atoms with Crippen molar-refractivity contribution in [3.05, 3.63) is 0 Å². The van der Waals surface area contributed by atoms with Gasteiger partial charge in [0.1, 0.15) is 0 Å². The van der Waals surface area contributed by atoms with Crippen LogP contribution >= 0.6 is 0 Å². The Balaban J connectivity index is 3.51. The number of hydrazone groups is 1. The van der Waals surface area contributed by atoms with Gasteiger partial charge in [-0.15, -0.1) is 0 Å². The Labute approximate surface area is 66.8 Å². The molecule has 0 bridgehead atoms. The van der Waals surface area contributed by atoms with Crippen LogP contribution in [0.25, 0.3) is 0 Å². The second-order valence-corrected chi connectivity index (χ2v) is 2.05. The third kappa shape index (κ3) is 5.39. The smallest absolute Gasteiger partial charge is 0.311 e. The van der Waals surface area contributed by atoms with Crippen molar-refractivity contribution < 1.29 is 9.53 Å². The first-order chi connectivity index (χ1) is 5.20. The maximum atomic E-state index is 10.5. The molecule has 11 heavy (non-hydrogen) atoms. The van der Waals surface area contributed by atoms with Gasteiger partial charge in [-0.05, 0) is 6.92 Å². The predicted octanol–water partition coefficient (Wildman–Crippen LogP) is 0.487. The number of hydrogen-bond acceptors (Lipinski definition) is 4. The van der Waals surface area contributed by atoms with Crippen molar-refractivity contribution in [3.8, 4) is 0 Å². The Hall–Kier alpha value is -1.06. The molecule has 0 rings (SSSR count). The summed E-state index contributed by atoms with van der Waals surface area (Å²) < 4.78 is 4.42. The zero-order chi connectivity index (χ0) is 8.69. The monoisotopic (exact) mass is 158 g/mol.